The molecular formula is C15H18N2O3. The van der Waals surface area contributed by atoms with Gasteiger partial charge in [-0.3, -0.25) is 9.59 Å². The molecular weight excluding hydrogens is 256 g/mol. The Morgan fingerprint density at radius 1 is 1.25 bits per heavy atom. The summed E-state index contributed by atoms with van der Waals surface area (Å²) in [6, 6.07) is 7.47. The van der Waals surface area contributed by atoms with Crippen LogP contribution in [0, 0.1) is 11.8 Å². The van der Waals surface area contributed by atoms with Gasteiger partial charge in [0.15, 0.2) is 0 Å². The van der Waals surface area contributed by atoms with Gasteiger partial charge in [0, 0.05) is 25.5 Å². The summed E-state index contributed by atoms with van der Waals surface area (Å²) in [6.07, 6.45) is 0.420. The summed E-state index contributed by atoms with van der Waals surface area (Å²) < 4.78 is 0. The lowest BCUT2D eigenvalue weighted by Gasteiger charge is -2.07. The van der Waals surface area contributed by atoms with Crippen molar-refractivity contribution in [2.45, 2.75) is 19.9 Å². The summed E-state index contributed by atoms with van der Waals surface area (Å²) in [7, 11) is 0. The van der Waals surface area contributed by atoms with Crippen LogP contribution in [0.3, 0.4) is 0 Å². The van der Waals surface area contributed by atoms with Crippen LogP contribution in [-0.2, 0) is 16.1 Å². The van der Waals surface area contributed by atoms with E-state index in [1.807, 2.05) is 24.3 Å². The molecule has 0 aromatic heterocycles. The molecule has 0 bridgehead atoms. The van der Waals surface area contributed by atoms with Crippen molar-refractivity contribution >= 4 is 11.8 Å². The van der Waals surface area contributed by atoms with Gasteiger partial charge in [-0.15, -0.1) is 0 Å². The van der Waals surface area contributed by atoms with Gasteiger partial charge in [-0.05, 0) is 11.6 Å². The fraction of sp³-hybridized carbons (Fsp3) is 0.333. The lowest BCUT2D eigenvalue weighted by atomic mass is 10.1. The van der Waals surface area contributed by atoms with Crippen LogP contribution in [0.5, 0.6) is 0 Å². The number of amides is 2. The number of aliphatic hydroxyl groups excluding tert-OH is 1. The first-order valence-electron chi connectivity index (χ1n) is 6.32. The first-order chi connectivity index (χ1) is 9.63. The van der Waals surface area contributed by atoms with Gasteiger partial charge >= 0.3 is 0 Å². The molecule has 3 N–H and O–H groups in total. The minimum atomic E-state index is -0.252. The molecule has 106 valence electrons. The molecule has 0 radical (unpaired) electrons. The molecule has 0 heterocycles. The van der Waals surface area contributed by atoms with Crippen LogP contribution in [0.1, 0.15) is 24.5 Å². The number of rotatable bonds is 5. The van der Waals surface area contributed by atoms with Crippen molar-refractivity contribution < 1.29 is 14.7 Å². The number of carbonyl (C=O) groups excluding carboxylic acids is 2. The van der Waals surface area contributed by atoms with Crippen molar-refractivity contribution in [1.29, 1.82) is 0 Å². The third-order valence-corrected chi connectivity index (χ3v) is 2.45. The molecule has 0 unspecified atom stereocenters. The minimum Gasteiger partial charge on any atom is -0.395 e. The summed E-state index contributed by atoms with van der Waals surface area (Å²) in [5, 5.41) is 13.8. The zero-order valence-electron chi connectivity index (χ0n) is 11.4. The smallest absolute Gasteiger partial charge is 0.239 e. The summed E-state index contributed by atoms with van der Waals surface area (Å²) in [5.74, 6) is 5.31. The molecule has 0 saturated heterocycles. The minimum absolute atomic E-state index is 0.0304. The predicted molar refractivity (Wildman–Crippen MR) is 75.6 cm³/mol. The SMILES string of the molecule is CC(=O)NCC(=O)NCc1ccccc1C#CCCO. The Kier molecular flexibility index (Phi) is 6.87. The quantitative estimate of drug-likeness (QED) is 0.670. The summed E-state index contributed by atoms with van der Waals surface area (Å²) in [5.41, 5.74) is 1.72. The lowest BCUT2D eigenvalue weighted by Crippen LogP contribution is -2.35. The Hall–Kier alpha value is -2.32. The van der Waals surface area contributed by atoms with Crippen molar-refractivity contribution in [3.8, 4) is 11.8 Å². The molecule has 1 aromatic rings. The van der Waals surface area contributed by atoms with E-state index in [1.54, 1.807) is 0 Å². The molecule has 5 heteroatoms. The normalized spacial score (nSPS) is 9.30. The van der Waals surface area contributed by atoms with Crippen LogP contribution in [-0.4, -0.2) is 30.1 Å². The van der Waals surface area contributed by atoms with Gasteiger partial charge < -0.3 is 15.7 Å². The Morgan fingerprint density at radius 2 is 2.00 bits per heavy atom. The van der Waals surface area contributed by atoms with Crippen LogP contribution < -0.4 is 10.6 Å². The number of carbonyl (C=O) groups is 2. The van der Waals surface area contributed by atoms with Crippen LogP contribution in [0.2, 0.25) is 0 Å². The third-order valence-electron chi connectivity index (χ3n) is 2.45. The van der Waals surface area contributed by atoms with Gasteiger partial charge in [0.25, 0.3) is 0 Å². The topological polar surface area (TPSA) is 78.4 Å². The molecule has 0 spiro atoms. The first-order valence-corrected chi connectivity index (χ1v) is 6.32. The largest absolute Gasteiger partial charge is 0.395 e. The Balaban J connectivity index is 2.57. The van der Waals surface area contributed by atoms with E-state index in [9.17, 15) is 9.59 Å². The Morgan fingerprint density at radius 3 is 2.70 bits per heavy atom. The van der Waals surface area contributed by atoms with Crippen molar-refractivity contribution in [2.24, 2.45) is 0 Å². The van der Waals surface area contributed by atoms with Crippen LogP contribution >= 0.6 is 0 Å². The van der Waals surface area contributed by atoms with E-state index >= 15 is 0 Å². The molecule has 5 nitrogen and oxygen atoms in total. The van der Waals surface area contributed by atoms with Gasteiger partial charge in [-0.2, -0.15) is 0 Å². The number of hydrogen-bond acceptors (Lipinski definition) is 3. The number of benzene rings is 1. The van der Waals surface area contributed by atoms with Gasteiger partial charge in [-0.1, -0.05) is 30.0 Å². The highest BCUT2D eigenvalue weighted by atomic mass is 16.2. The second kappa shape index (κ2) is 8.73. The van der Waals surface area contributed by atoms with E-state index in [0.29, 0.717) is 13.0 Å². The molecule has 1 rings (SSSR count). The highest BCUT2D eigenvalue weighted by Crippen LogP contribution is 2.06. The molecule has 0 aliphatic rings. The monoisotopic (exact) mass is 274 g/mol. The van der Waals surface area contributed by atoms with Crippen LogP contribution in [0.15, 0.2) is 24.3 Å². The van der Waals surface area contributed by atoms with Crippen molar-refractivity contribution in [3.63, 3.8) is 0 Å². The second-order valence-electron chi connectivity index (χ2n) is 4.12. The van der Waals surface area contributed by atoms with Crippen LogP contribution in [0.25, 0.3) is 0 Å². The predicted octanol–water partition coefficient (Wildman–Crippen LogP) is 0.173. The highest BCUT2D eigenvalue weighted by Gasteiger charge is 2.04. The highest BCUT2D eigenvalue weighted by molar-refractivity contribution is 5.83. The van der Waals surface area contributed by atoms with E-state index in [2.05, 4.69) is 22.5 Å². The fourth-order valence-electron chi connectivity index (χ4n) is 1.47. The molecule has 2 amide bonds. The average Bonchev–Trinajstić information content (AvgIpc) is 2.44. The maximum atomic E-state index is 11.5. The van der Waals surface area contributed by atoms with Gasteiger partial charge in [0.05, 0.1) is 13.2 Å². The molecule has 20 heavy (non-hydrogen) atoms. The van der Waals surface area contributed by atoms with Crippen molar-refractivity contribution in [2.75, 3.05) is 13.2 Å². The van der Waals surface area contributed by atoms with Crippen molar-refractivity contribution in [1.82, 2.24) is 10.6 Å². The van der Waals surface area contributed by atoms with Gasteiger partial charge in [0.2, 0.25) is 11.8 Å². The van der Waals surface area contributed by atoms with E-state index < -0.39 is 0 Å². The number of hydrogen-bond donors (Lipinski definition) is 3. The van der Waals surface area contributed by atoms with E-state index in [-0.39, 0.29) is 25.0 Å². The van der Waals surface area contributed by atoms with Gasteiger partial charge in [-0.25, -0.2) is 0 Å². The average molecular weight is 274 g/mol. The molecule has 0 aliphatic carbocycles. The van der Waals surface area contributed by atoms with E-state index in [1.165, 1.54) is 6.92 Å². The van der Waals surface area contributed by atoms with Crippen LogP contribution in [0.4, 0.5) is 0 Å². The van der Waals surface area contributed by atoms with E-state index in [0.717, 1.165) is 11.1 Å². The maximum Gasteiger partial charge on any atom is 0.239 e. The zero-order chi connectivity index (χ0) is 14.8. The Bertz CT molecular complexity index is 529. The first kappa shape index (κ1) is 15.7. The molecule has 0 fully saturated rings. The zero-order valence-corrected chi connectivity index (χ0v) is 11.4. The second-order valence-corrected chi connectivity index (χ2v) is 4.12. The lowest BCUT2D eigenvalue weighted by molar-refractivity contribution is -0.125. The summed E-state index contributed by atoms with van der Waals surface area (Å²) in [4.78, 5) is 22.2. The van der Waals surface area contributed by atoms with Crippen molar-refractivity contribution in [3.05, 3.63) is 35.4 Å². The maximum absolute atomic E-state index is 11.5. The standard InChI is InChI=1S/C15H18N2O3/c1-12(19)16-11-15(20)17-10-14-8-3-2-6-13(14)7-4-5-9-18/h2-3,6,8,18H,5,9-11H2,1H3,(H,16,19)(H,17,20). The molecule has 0 saturated carbocycles. The number of aliphatic hydroxyl groups is 1. The molecule has 0 aliphatic heterocycles. The fourth-order valence-corrected chi connectivity index (χ4v) is 1.47. The summed E-state index contributed by atoms with van der Waals surface area (Å²) in [6.45, 7) is 1.71. The summed E-state index contributed by atoms with van der Waals surface area (Å²) >= 11 is 0. The molecule has 0 atom stereocenters. The number of nitrogens with one attached hydrogen (secondary N) is 2. The Labute approximate surface area is 118 Å². The van der Waals surface area contributed by atoms with E-state index in [4.69, 9.17) is 5.11 Å². The third kappa shape index (κ3) is 6.03. The molecule has 1 aromatic carbocycles. The van der Waals surface area contributed by atoms with Gasteiger partial charge in [0.1, 0.15) is 0 Å².